The van der Waals surface area contributed by atoms with Gasteiger partial charge in [0.25, 0.3) is 0 Å². The minimum absolute atomic E-state index is 0.274. The van der Waals surface area contributed by atoms with Crippen LogP contribution in [0.1, 0.15) is 11.1 Å². The Morgan fingerprint density at radius 2 is 2.08 bits per heavy atom. The number of nitrogens with one attached hydrogen (secondary N) is 1. The average molecular weight is 162 g/mol. The van der Waals surface area contributed by atoms with E-state index in [0.717, 1.165) is 16.8 Å². The molecule has 1 radical (unpaired) electrons. The molecule has 0 fully saturated rings. The lowest BCUT2D eigenvalue weighted by Gasteiger charge is -2.06. The van der Waals surface area contributed by atoms with Gasteiger partial charge in [-0.3, -0.25) is 4.79 Å². The summed E-state index contributed by atoms with van der Waals surface area (Å²) >= 11 is 0. The molecule has 2 heteroatoms. The molecule has 1 aromatic rings. The fraction of sp³-hybridized carbons (Fsp3) is 0.200. The van der Waals surface area contributed by atoms with Crippen molar-refractivity contribution in [2.24, 2.45) is 0 Å². The van der Waals surface area contributed by atoms with Gasteiger partial charge in [-0.2, -0.15) is 0 Å². The van der Waals surface area contributed by atoms with E-state index in [2.05, 4.69) is 12.2 Å². The fourth-order valence-corrected chi connectivity index (χ4v) is 1.02. The maximum absolute atomic E-state index is 10.7. The average Bonchev–Trinajstić information content (AvgIpc) is 1.96. The maximum Gasteiger partial charge on any atom is 0.224 e. The largest absolute Gasteiger partial charge is 0.326 e. The van der Waals surface area contributed by atoms with Gasteiger partial charge in [0, 0.05) is 12.6 Å². The highest BCUT2D eigenvalue weighted by molar-refractivity contribution is 5.94. The molecule has 0 unspecified atom stereocenters. The van der Waals surface area contributed by atoms with Crippen molar-refractivity contribution in [1.82, 2.24) is 0 Å². The Labute approximate surface area is 72.6 Å². The second kappa shape index (κ2) is 3.39. The zero-order valence-electron chi connectivity index (χ0n) is 7.35. The standard InChI is InChI=1S/C10H12NO/c1-7-4-5-8(2)10(6-7)11-9(3)12/h4-6H,3H2,1-2H3,(H,11,12). The molecule has 0 spiro atoms. The molecule has 1 aromatic carbocycles. The first-order valence-corrected chi connectivity index (χ1v) is 3.80. The van der Waals surface area contributed by atoms with Crippen LogP contribution in [0.5, 0.6) is 0 Å². The van der Waals surface area contributed by atoms with Gasteiger partial charge in [0.15, 0.2) is 0 Å². The highest BCUT2D eigenvalue weighted by Gasteiger charge is 1.99. The van der Waals surface area contributed by atoms with Gasteiger partial charge >= 0.3 is 0 Å². The van der Waals surface area contributed by atoms with E-state index in [1.807, 2.05) is 32.0 Å². The Morgan fingerprint density at radius 3 is 2.67 bits per heavy atom. The summed E-state index contributed by atoms with van der Waals surface area (Å²) in [6, 6.07) is 5.91. The first-order valence-electron chi connectivity index (χ1n) is 3.80. The third kappa shape index (κ3) is 2.09. The van der Waals surface area contributed by atoms with Crippen molar-refractivity contribution < 1.29 is 4.79 Å². The minimum Gasteiger partial charge on any atom is -0.326 e. The Bertz CT molecular complexity index is 305. The van der Waals surface area contributed by atoms with Gasteiger partial charge in [0.1, 0.15) is 0 Å². The second-order valence-corrected chi connectivity index (χ2v) is 2.87. The fourth-order valence-electron chi connectivity index (χ4n) is 1.02. The van der Waals surface area contributed by atoms with Crippen LogP contribution < -0.4 is 5.32 Å². The van der Waals surface area contributed by atoms with Crippen molar-refractivity contribution in [3.8, 4) is 0 Å². The van der Waals surface area contributed by atoms with Crippen molar-refractivity contribution in [2.45, 2.75) is 13.8 Å². The van der Waals surface area contributed by atoms with E-state index in [0.29, 0.717) is 0 Å². The smallest absolute Gasteiger partial charge is 0.224 e. The predicted octanol–water partition coefficient (Wildman–Crippen LogP) is 2.08. The van der Waals surface area contributed by atoms with Crippen molar-refractivity contribution in [3.63, 3.8) is 0 Å². The van der Waals surface area contributed by atoms with Crippen molar-refractivity contribution in [1.29, 1.82) is 0 Å². The molecule has 0 aliphatic carbocycles. The van der Waals surface area contributed by atoms with Gasteiger partial charge in [-0.05, 0) is 31.0 Å². The van der Waals surface area contributed by atoms with Gasteiger partial charge in [0.05, 0.1) is 0 Å². The highest BCUT2D eigenvalue weighted by atomic mass is 16.1. The monoisotopic (exact) mass is 162 g/mol. The lowest BCUT2D eigenvalue weighted by molar-refractivity contribution is -0.112. The minimum atomic E-state index is -0.274. The van der Waals surface area contributed by atoms with Crippen LogP contribution in [-0.2, 0) is 4.79 Å². The normalized spacial score (nSPS) is 9.58. The van der Waals surface area contributed by atoms with E-state index in [1.165, 1.54) is 0 Å². The summed E-state index contributed by atoms with van der Waals surface area (Å²) in [6.07, 6.45) is 0. The third-order valence-corrected chi connectivity index (χ3v) is 1.67. The van der Waals surface area contributed by atoms with Crippen LogP contribution >= 0.6 is 0 Å². The quantitative estimate of drug-likeness (QED) is 0.673. The van der Waals surface area contributed by atoms with Crippen LogP contribution in [0.4, 0.5) is 5.69 Å². The molecular weight excluding hydrogens is 150 g/mol. The number of aryl methyl sites for hydroxylation is 2. The molecule has 0 aromatic heterocycles. The molecule has 1 rings (SSSR count). The molecule has 0 saturated carbocycles. The van der Waals surface area contributed by atoms with E-state index in [1.54, 1.807) is 0 Å². The molecule has 1 amide bonds. The third-order valence-electron chi connectivity index (χ3n) is 1.67. The summed E-state index contributed by atoms with van der Waals surface area (Å²) in [6.45, 7) is 7.19. The van der Waals surface area contributed by atoms with E-state index in [4.69, 9.17) is 0 Å². The molecule has 0 saturated heterocycles. The zero-order chi connectivity index (χ0) is 9.14. The molecule has 0 atom stereocenters. The van der Waals surface area contributed by atoms with Crippen molar-refractivity contribution in [2.75, 3.05) is 5.32 Å². The van der Waals surface area contributed by atoms with E-state index in [9.17, 15) is 4.79 Å². The maximum atomic E-state index is 10.7. The number of amides is 1. The summed E-state index contributed by atoms with van der Waals surface area (Å²) in [4.78, 5) is 10.7. The number of benzene rings is 1. The number of carbonyl (C=O) groups is 1. The summed E-state index contributed by atoms with van der Waals surface area (Å²) in [5.74, 6) is -0.274. The van der Waals surface area contributed by atoms with Crippen molar-refractivity contribution in [3.05, 3.63) is 36.2 Å². The van der Waals surface area contributed by atoms with Gasteiger partial charge < -0.3 is 5.32 Å². The predicted molar refractivity (Wildman–Crippen MR) is 49.9 cm³/mol. The Hall–Kier alpha value is -1.31. The number of rotatable bonds is 1. The zero-order valence-corrected chi connectivity index (χ0v) is 7.35. The highest BCUT2D eigenvalue weighted by Crippen LogP contribution is 2.15. The van der Waals surface area contributed by atoms with Crippen LogP contribution in [0.3, 0.4) is 0 Å². The summed E-state index contributed by atoms with van der Waals surface area (Å²) in [7, 11) is 0. The Balaban J connectivity index is 2.97. The van der Waals surface area contributed by atoms with Crippen molar-refractivity contribution >= 4 is 11.6 Å². The van der Waals surface area contributed by atoms with E-state index >= 15 is 0 Å². The molecule has 12 heavy (non-hydrogen) atoms. The molecule has 63 valence electrons. The molecular formula is C10H12NO. The first-order chi connectivity index (χ1) is 5.59. The molecule has 1 N–H and O–H groups in total. The Kier molecular flexibility index (Phi) is 2.48. The summed E-state index contributed by atoms with van der Waals surface area (Å²) < 4.78 is 0. The SMILES string of the molecule is [CH2]C(=O)Nc1cc(C)ccc1C. The molecule has 0 aliphatic rings. The number of hydrogen-bond donors (Lipinski definition) is 1. The number of carbonyl (C=O) groups excluding carboxylic acids is 1. The summed E-state index contributed by atoms with van der Waals surface area (Å²) in [5, 5.41) is 2.66. The van der Waals surface area contributed by atoms with E-state index < -0.39 is 0 Å². The van der Waals surface area contributed by atoms with Gasteiger partial charge in [-0.15, -0.1) is 0 Å². The first kappa shape index (κ1) is 8.78. The topological polar surface area (TPSA) is 29.1 Å². The van der Waals surface area contributed by atoms with Crippen LogP contribution in [-0.4, -0.2) is 5.91 Å². The van der Waals surface area contributed by atoms with Gasteiger partial charge in [-0.1, -0.05) is 12.1 Å². The van der Waals surface area contributed by atoms with Gasteiger partial charge in [-0.25, -0.2) is 0 Å². The second-order valence-electron chi connectivity index (χ2n) is 2.87. The Morgan fingerprint density at radius 1 is 1.42 bits per heavy atom. The lowest BCUT2D eigenvalue weighted by Crippen LogP contribution is -2.07. The molecule has 0 heterocycles. The lowest BCUT2D eigenvalue weighted by atomic mass is 10.1. The summed E-state index contributed by atoms with van der Waals surface area (Å²) in [5.41, 5.74) is 3.02. The molecule has 0 aliphatic heterocycles. The number of hydrogen-bond acceptors (Lipinski definition) is 1. The van der Waals surface area contributed by atoms with Crippen LogP contribution in [0, 0.1) is 20.8 Å². The van der Waals surface area contributed by atoms with Crippen LogP contribution in [0.25, 0.3) is 0 Å². The van der Waals surface area contributed by atoms with E-state index in [-0.39, 0.29) is 5.91 Å². The molecule has 2 nitrogen and oxygen atoms in total. The van der Waals surface area contributed by atoms with Gasteiger partial charge in [0.2, 0.25) is 5.91 Å². The van der Waals surface area contributed by atoms with Crippen LogP contribution in [0.2, 0.25) is 0 Å². The number of anilines is 1. The molecule has 0 bridgehead atoms. The van der Waals surface area contributed by atoms with Crippen LogP contribution in [0.15, 0.2) is 18.2 Å².